The monoisotopic (exact) mass is 458 g/mol. The maximum atomic E-state index is 12.2. The number of aryl methyl sites for hydroxylation is 2. The number of halogens is 1. The van der Waals surface area contributed by atoms with E-state index < -0.39 is 0 Å². The summed E-state index contributed by atoms with van der Waals surface area (Å²) in [5.74, 6) is 0.339. The Balaban J connectivity index is 1.74. The molecule has 0 aliphatic rings. The predicted octanol–water partition coefficient (Wildman–Crippen LogP) is 5.42. The molecule has 28 heavy (non-hydrogen) atoms. The lowest BCUT2D eigenvalue weighted by Crippen LogP contribution is -2.14. The van der Waals surface area contributed by atoms with Gasteiger partial charge in [0.05, 0.1) is 5.69 Å². The lowest BCUT2D eigenvalue weighted by Gasteiger charge is -2.12. The van der Waals surface area contributed by atoms with Crippen LogP contribution < -0.4 is 5.32 Å². The van der Waals surface area contributed by atoms with Gasteiger partial charge in [0.25, 0.3) is 0 Å². The predicted molar refractivity (Wildman–Crippen MR) is 117 cm³/mol. The zero-order valence-electron chi connectivity index (χ0n) is 15.9. The number of amides is 1. The maximum Gasteiger partial charge on any atom is 0.224 e. The van der Waals surface area contributed by atoms with Gasteiger partial charge in [-0.1, -0.05) is 56.3 Å². The molecule has 0 unspecified atom stereocenters. The summed E-state index contributed by atoms with van der Waals surface area (Å²) in [5, 5.41) is 8.27. The van der Waals surface area contributed by atoms with Crippen LogP contribution in [0, 0.1) is 5.92 Å². The first kappa shape index (κ1) is 20.6. The molecule has 0 saturated heterocycles. The Morgan fingerprint density at radius 3 is 2.61 bits per heavy atom. The molecule has 1 N–H and O–H groups in total. The number of benzene rings is 2. The van der Waals surface area contributed by atoms with E-state index in [1.807, 2.05) is 61.0 Å². The van der Waals surface area contributed by atoms with Crippen molar-refractivity contribution in [1.29, 1.82) is 0 Å². The molecule has 1 amide bonds. The van der Waals surface area contributed by atoms with E-state index in [0.717, 1.165) is 28.7 Å². The van der Waals surface area contributed by atoms with Crippen molar-refractivity contribution in [2.75, 3.05) is 5.32 Å². The topological polar surface area (TPSA) is 59.8 Å². The number of hydrogen-bond donors (Lipinski definition) is 1. The molecule has 0 radical (unpaired) electrons. The van der Waals surface area contributed by atoms with Crippen LogP contribution in [0.4, 0.5) is 5.69 Å². The van der Waals surface area contributed by atoms with Gasteiger partial charge < -0.3 is 5.32 Å². The van der Waals surface area contributed by atoms with Crippen LogP contribution >= 0.6 is 27.7 Å². The van der Waals surface area contributed by atoms with Gasteiger partial charge in [0.2, 0.25) is 10.6 Å². The van der Waals surface area contributed by atoms with E-state index in [-0.39, 0.29) is 5.91 Å². The van der Waals surface area contributed by atoms with E-state index in [2.05, 4.69) is 43.5 Å². The Morgan fingerprint density at radius 1 is 1.14 bits per heavy atom. The summed E-state index contributed by atoms with van der Waals surface area (Å²) in [6.45, 7) is 4.80. The molecule has 0 aliphatic heterocycles. The standard InChI is InChI=1S/C21H23BrN4OS/c1-15(2)14-19(27)23-17-10-6-7-11-18(17)28-21-24-20(22)25-26(21)13-12-16-8-4-3-5-9-16/h3-11,15H,12-14H2,1-2H3,(H,23,27). The van der Waals surface area contributed by atoms with Gasteiger partial charge in [-0.15, -0.1) is 5.10 Å². The molecule has 0 saturated carbocycles. The van der Waals surface area contributed by atoms with E-state index in [0.29, 0.717) is 17.1 Å². The number of nitrogens with zero attached hydrogens (tertiary/aromatic N) is 3. The number of carbonyl (C=O) groups excluding carboxylic acids is 1. The summed E-state index contributed by atoms with van der Waals surface area (Å²) in [4.78, 5) is 17.6. The molecule has 5 nitrogen and oxygen atoms in total. The molecule has 0 atom stereocenters. The fourth-order valence-corrected chi connectivity index (χ4v) is 4.15. The minimum absolute atomic E-state index is 0.0229. The summed E-state index contributed by atoms with van der Waals surface area (Å²) in [5.41, 5.74) is 2.05. The summed E-state index contributed by atoms with van der Waals surface area (Å²) in [6.07, 6.45) is 1.37. The minimum Gasteiger partial charge on any atom is -0.325 e. The van der Waals surface area contributed by atoms with Gasteiger partial charge in [-0.2, -0.15) is 4.98 Å². The SMILES string of the molecule is CC(C)CC(=O)Nc1ccccc1Sc1nc(Br)nn1CCc1ccccc1. The minimum atomic E-state index is 0.0229. The van der Waals surface area contributed by atoms with Gasteiger partial charge in [0.1, 0.15) is 0 Å². The van der Waals surface area contributed by atoms with Crippen molar-refractivity contribution in [2.24, 2.45) is 5.92 Å². The van der Waals surface area contributed by atoms with E-state index in [1.54, 1.807) is 0 Å². The van der Waals surface area contributed by atoms with Gasteiger partial charge >= 0.3 is 0 Å². The smallest absolute Gasteiger partial charge is 0.224 e. The Kier molecular flexibility index (Phi) is 7.28. The Labute approximate surface area is 178 Å². The van der Waals surface area contributed by atoms with Gasteiger partial charge in [-0.25, -0.2) is 4.68 Å². The number of nitrogens with one attached hydrogen (secondary N) is 1. The third kappa shape index (κ3) is 5.94. The van der Waals surface area contributed by atoms with Crippen molar-refractivity contribution in [3.63, 3.8) is 0 Å². The molecule has 146 valence electrons. The Morgan fingerprint density at radius 2 is 1.86 bits per heavy atom. The van der Waals surface area contributed by atoms with Crippen LogP contribution in [0.3, 0.4) is 0 Å². The van der Waals surface area contributed by atoms with Crippen LogP contribution in [0.2, 0.25) is 0 Å². The highest BCUT2D eigenvalue weighted by Gasteiger charge is 2.14. The van der Waals surface area contributed by atoms with E-state index >= 15 is 0 Å². The molecule has 7 heteroatoms. The average molecular weight is 459 g/mol. The fraction of sp³-hybridized carbons (Fsp3) is 0.286. The molecule has 3 aromatic rings. The van der Waals surface area contributed by atoms with Gasteiger partial charge in [-0.05, 0) is 57.7 Å². The zero-order valence-corrected chi connectivity index (χ0v) is 18.3. The summed E-state index contributed by atoms with van der Waals surface area (Å²) in [6, 6.07) is 18.1. The molecule has 3 rings (SSSR count). The molecule has 0 fully saturated rings. The van der Waals surface area contributed by atoms with Gasteiger partial charge in [0, 0.05) is 17.9 Å². The summed E-state index contributed by atoms with van der Waals surface area (Å²) < 4.78 is 2.46. The average Bonchev–Trinajstić information content (AvgIpc) is 3.01. The second-order valence-corrected chi connectivity index (χ2v) is 8.58. The van der Waals surface area contributed by atoms with Crippen LogP contribution in [0.5, 0.6) is 0 Å². The molecule has 0 spiro atoms. The van der Waals surface area contributed by atoms with Crippen molar-refractivity contribution in [1.82, 2.24) is 14.8 Å². The van der Waals surface area contributed by atoms with E-state index in [4.69, 9.17) is 0 Å². The normalized spacial score (nSPS) is 11.0. The first-order valence-electron chi connectivity index (χ1n) is 9.22. The fourth-order valence-electron chi connectivity index (χ4n) is 2.73. The van der Waals surface area contributed by atoms with Crippen LogP contribution in [-0.4, -0.2) is 20.7 Å². The van der Waals surface area contributed by atoms with Crippen molar-refractivity contribution >= 4 is 39.3 Å². The molecule has 1 aromatic heterocycles. The lowest BCUT2D eigenvalue weighted by atomic mass is 10.1. The number of para-hydroxylation sites is 1. The molecular weight excluding hydrogens is 436 g/mol. The van der Waals surface area contributed by atoms with Crippen LogP contribution in [0.25, 0.3) is 0 Å². The molecule has 0 aliphatic carbocycles. The molecule has 1 heterocycles. The van der Waals surface area contributed by atoms with Gasteiger partial charge in [-0.3, -0.25) is 4.79 Å². The summed E-state index contributed by atoms with van der Waals surface area (Å²) in [7, 11) is 0. The van der Waals surface area contributed by atoms with Crippen molar-refractivity contribution < 1.29 is 4.79 Å². The van der Waals surface area contributed by atoms with Crippen LogP contribution in [0.15, 0.2) is 69.4 Å². The zero-order chi connectivity index (χ0) is 19.9. The molecule has 0 bridgehead atoms. The summed E-state index contributed by atoms with van der Waals surface area (Å²) >= 11 is 4.88. The number of rotatable bonds is 8. The van der Waals surface area contributed by atoms with Crippen LogP contribution in [-0.2, 0) is 17.8 Å². The van der Waals surface area contributed by atoms with Gasteiger partial charge in [0.15, 0.2) is 5.16 Å². The van der Waals surface area contributed by atoms with Crippen molar-refractivity contribution in [3.05, 3.63) is 64.9 Å². The second-order valence-electron chi connectivity index (χ2n) is 6.87. The highest BCUT2D eigenvalue weighted by molar-refractivity contribution is 9.10. The first-order valence-corrected chi connectivity index (χ1v) is 10.8. The number of carbonyl (C=O) groups is 1. The first-order chi connectivity index (χ1) is 13.5. The van der Waals surface area contributed by atoms with Crippen molar-refractivity contribution in [3.8, 4) is 0 Å². The van der Waals surface area contributed by atoms with E-state index in [1.165, 1.54) is 17.3 Å². The quantitative estimate of drug-likeness (QED) is 0.489. The molecular formula is C21H23BrN4OS. The highest BCUT2D eigenvalue weighted by atomic mass is 79.9. The third-order valence-corrected chi connectivity index (χ3v) is 5.42. The molecule has 2 aromatic carbocycles. The maximum absolute atomic E-state index is 12.2. The third-order valence-electron chi connectivity index (χ3n) is 4.02. The Hall–Kier alpha value is -2.12. The number of anilines is 1. The number of aromatic nitrogens is 3. The Bertz CT molecular complexity index is 927. The van der Waals surface area contributed by atoms with E-state index in [9.17, 15) is 4.79 Å². The second kappa shape index (κ2) is 9.89. The number of hydrogen-bond acceptors (Lipinski definition) is 4. The lowest BCUT2D eigenvalue weighted by molar-refractivity contribution is -0.116. The van der Waals surface area contributed by atoms with Crippen LogP contribution in [0.1, 0.15) is 25.8 Å². The van der Waals surface area contributed by atoms with Crippen molar-refractivity contribution in [2.45, 2.75) is 43.3 Å². The largest absolute Gasteiger partial charge is 0.325 e. The highest BCUT2D eigenvalue weighted by Crippen LogP contribution is 2.33.